The Bertz CT molecular complexity index is 624. The number of methoxy groups -OCH3 is 1. The summed E-state index contributed by atoms with van der Waals surface area (Å²) in [4.78, 5) is 11.4. The van der Waals surface area contributed by atoms with Crippen molar-refractivity contribution in [2.24, 2.45) is 5.92 Å². The standard InChI is InChI=1S/C14H19N3O3S2/c1-8(2)7-15-13-16-17-14(22-13)21-9(3)10-5-6-11(20-10)12(18)19-4/h5-6,8-9H,7H2,1-4H3,(H,15,16). The maximum atomic E-state index is 11.4. The lowest BCUT2D eigenvalue weighted by Crippen LogP contribution is -2.07. The molecule has 0 bridgehead atoms. The number of carbonyl (C=O) groups is 1. The maximum Gasteiger partial charge on any atom is 0.373 e. The lowest BCUT2D eigenvalue weighted by Gasteiger charge is -2.05. The van der Waals surface area contributed by atoms with Crippen LogP contribution in [0.1, 0.15) is 42.3 Å². The van der Waals surface area contributed by atoms with Gasteiger partial charge in [-0.2, -0.15) is 0 Å². The van der Waals surface area contributed by atoms with Gasteiger partial charge in [0, 0.05) is 6.54 Å². The molecule has 0 spiro atoms. The van der Waals surface area contributed by atoms with E-state index in [1.807, 2.05) is 6.92 Å². The summed E-state index contributed by atoms with van der Waals surface area (Å²) in [7, 11) is 1.33. The average Bonchev–Trinajstić information content (AvgIpc) is 3.13. The number of hydrogen-bond acceptors (Lipinski definition) is 8. The van der Waals surface area contributed by atoms with Gasteiger partial charge in [-0.05, 0) is 25.0 Å². The molecule has 0 saturated heterocycles. The van der Waals surface area contributed by atoms with Crippen LogP contribution in [0.4, 0.5) is 5.13 Å². The largest absolute Gasteiger partial charge is 0.463 e. The molecule has 0 aliphatic carbocycles. The molecule has 0 amide bonds. The summed E-state index contributed by atoms with van der Waals surface area (Å²) in [5, 5.41) is 12.4. The minimum Gasteiger partial charge on any atom is -0.463 e. The van der Waals surface area contributed by atoms with Crippen LogP contribution in [-0.4, -0.2) is 29.8 Å². The van der Waals surface area contributed by atoms with E-state index in [1.165, 1.54) is 18.4 Å². The highest BCUT2D eigenvalue weighted by molar-refractivity contribution is 8.01. The number of rotatable bonds is 7. The van der Waals surface area contributed by atoms with Crippen LogP contribution in [0.25, 0.3) is 0 Å². The van der Waals surface area contributed by atoms with Gasteiger partial charge < -0.3 is 14.5 Å². The number of nitrogens with one attached hydrogen (secondary N) is 1. The lowest BCUT2D eigenvalue weighted by molar-refractivity contribution is 0.0563. The van der Waals surface area contributed by atoms with Gasteiger partial charge in [0.2, 0.25) is 10.9 Å². The van der Waals surface area contributed by atoms with Crippen molar-refractivity contribution in [3.05, 3.63) is 23.7 Å². The number of esters is 1. The van der Waals surface area contributed by atoms with Gasteiger partial charge in [-0.25, -0.2) is 4.79 Å². The van der Waals surface area contributed by atoms with E-state index in [4.69, 9.17) is 4.42 Å². The van der Waals surface area contributed by atoms with E-state index in [0.717, 1.165) is 16.0 Å². The van der Waals surface area contributed by atoms with E-state index < -0.39 is 5.97 Å². The van der Waals surface area contributed by atoms with Crippen LogP contribution in [-0.2, 0) is 4.74 Å². The number of furan rings is 1. The van der Waals surface area contributed by atoms with Crippen LogP contribution in [0.3, 0.4) is 0 Å². The SMILES string of the molecule is COC(=O)c1ccc(C(C)Sc2nnc(NCC(C)C)s2)o1. The molecule has 22 heavy (non-hydrogen) atoms. The Morgan fingerprint density at radius 3 is 2.86 bits per heavy atom. The zero-order chi connectivity index (χ0) is 16.1. The summed E-state index contributed by atoms with van der Waals surface area (Å²) in [5.41, 5.74) is 0. The highest BCUT2D eigenvalue weighted by Crippen LogP contribution is 2.38. The van der Waals surface area contributed by atoms with Crippen LogP contribution in [0.15, 0.2) is 20.9 Å². The molecule has 2 aromatic rings. The normalized spacial score (nSPS) is 12.4. The fraction of sp³-hybridized carbons (Fsp3) is 0.500. The third kappa shape index (κ3) is 4.48. The summed E-state index contributed by atoms with van der Waals surface area (Å²) in [6.45, 7) is 7.14. The molecule has 0 aliphatic heterocycles. The molecule has 2 rings (SSSR count). The van der Waals surface area contributed by atoms with Crippen molar-refractivity contribution in [1.82, 2.24) is 10.2 Å². The van der Waals surface area contributed by atoms with Crippen molar-refractivity contribution >= 4 is 34.2 Å². The van der Waals surface area contributed by atoms with Crippen LogP contribution >= 0.6 is 23.1 Å². The molecular formula is C14H19N3O3S2. The molecule has 2 heterocycles. The molecular weight excluding hydrogens is 322 g/mol. The highest BCUT2D eigenvalue weighted by Gasteiger charge is 2.18. The van der Waals surface area contributed by atoms with Gasteiger partial charge in [0.25, 0.3) is 0 Å². The van der Waals surface area contributed by atoms with E-state index in [2.05, 4.69) is 34.1 Å². The Morgan fingerprint density at radius 1 is 1.41 bits per heavy atom. The topological polar surface area (TPSA) is 77.2 Å². The van der Waals surface area contributed by atoms with Crippen molar-refractivity contribution in [3.8, 4) is 0 Å². The average molecular weight is 341 g/mol. The molecule has 0 radical (unpaired) electrons. The van der Waals surface area contributed by atoms with Crippen LogP contribution in [0.2, 0.25) is 0 Å². The van der Waals surface area contributed by atoms with Crippen LogP contribution in [0, 0.1) is 5.92 Å². The molecule has 120 valence electrons. The Kier molecular flexibility index (Phi) is 5.84. The third-order valence-corrected chi connectivity index (χ3v) is 4.84. The first-order valence-corrected chi connectivity index (χ1v) is 8.61. The zero-order valence-corrected chi connectivity index (χ0v) is 14.6. The summed E-state index contributed by atoms with van der Waals surface area (Å²) >= 11 is 3.06. The van der Waals surface area contributed by atoms with E-state index in [1.54, 1.807) is 23.9 Å². The van der Waals surface area contributed by atoms with Crippen molar-refractivity contribution in [2.75, 3.05) is 19.0 Å². The first-order chi connectivity index (χ1) is 10.5. The second-order valence-corrected chi connectivity index (χ2v) is 7.67. The number of carbonyl (C=O) groups excluding carboxylic acids is 1. The summed E-state index contributed by atoms with van der Waals surface area (Å²) in [5.74, 6) is 0.997. The summed E-state index contributed by atoms with van der Waals surface area (Å²) < 4.78 is 11.0. The van der Waals surface area contributed by atoms with E-state index in [9.17, 15) is 4.79 Å². The Morgan fingerprint density at radius 2 is 2.18 bits per heavy atom. The van der Waals surface area contributed by atoms with Crippen LogP contribution < -0.4 is 5.32 Å². The van der Waals surface area contributed by atoms with Gasteiger partial charge in [-0.15, -0.1) is 10.2 Å². The van der Waals surface area contributed by atoms with Gasteiger partial charge in [-0.3, -0.25) is 0 Å². The van der Waals surface area contributed by atoms with Crippen LogP contribution in [0.5, 0.6) is 0 Å². The van der Waals surface area contributed by atoms with Gasteiger partial charge in [0.1, 0.15) is 5.76 Å². The minimum absolute atomic E-state index is 0.0318. The molecule has 6 nitrogen and oxygen atoms in total. The molecule has 2 aromatic heterocycles. The first-order valence-electron chi connectivity index (χ1n) is 6.91. The summed E-state index contributed by atoms with van der Waals surface area (Å²) in [6, 6.07) is 3.40. The van der Waals surface area contributed by atoms with Crippen molar-refractivity contribution < 1.29 is 13.9 Å². The lowest BCUT2D eigenvalue weighted by atomic mass is 10.2. The van der Waals surface area contributed by atoms with Gasteiger partial charge in [0.15, 0.2) is 4.34 Å². The molecule has 0 aliphatic rings. The molecule has 0 saturated carbocycles. The highest BCUT2D eigenvalue weighted by atomic mass is 32.2. The second kappa shape index (κ2) is 7.64. The van der Waals surface area contributed by atoms with Gasteiger partial charge in [-0.1, -0.05) is 36.9 Å². The first kappa shape index (κ1) is 16.8. The van der Waals surface area contributed by atoms with Gasteiger partial charge >= 0.3 is 5.97 Å². The third-order valence-electron chi connectivity index (χ3n) is 2.76. The monoisotopic (exact) mass is 341 g/mol. The molecule has 8 heteroatoms. The molecule has 1 unspecified atom stereocenters. The number of aromatic nitrogens is 2. The zero-order valence-electron chi connectivity index (χ0n) is 13.0. The predicted molar refractivity (Wildman–Crippen MR) is 87.6 cm³/mol. The fourth-order valence-electron chi connectivity index (χ4n) is 1.61. The number of hydrogen-bond donors (Lipinski definition) is 1. The van der Waals surface area contributed by atoms with Crippen molar-refractivity contribution in [3.63, 3.8) is 0 Å². The Hall–Kier alpha value is -1.54. The smallest absolute Gasteiger partial charge is 0.373 e. The second-order valence-electron chi connectivity index (χ2n) is 5.10. The number of nitrogens with zero attached hydrogens (tertiary/aromatic N) is 2. The predicted octanol–water partition coefficient (Wildman–Crippen LogP) is 3.84. The van der Waals surface area contributed by atoms with Gasteiger partial charge in [0.05, 0.1) is 12.4 Å². The van der Waals surface area contributed by atoms with Crippen molar-refractivity contribution in [2.45, 2.75) is 30.4 Å². The molecule has 0 aromatic carbocycles. The maximum absolute atomic E-state index is 11.4. The molecule has 1 atom stereocenters. The fourth-order valence-corrected chi connectivity index (χ4v) is 3.59. The minimum atomic E-state index is -0.473. The number of thioether (sulfide) groups is 1. The summed E-state index contributed by atoms with van der Waals surface area (Å²) in [6.07, 6.45) is 0. The van der Waals surface area contributed by atoms with E-state index >= 15 is 0 Å². The number of ether oxygens (including phenoxy) is 1. The quantitative estimate of drug-likeness (QED) is 0.605. The molecule has 1 N–H and O–H groups in total. The van der Waals surface area contributed by atoms with E-state index in [0.29, 0.717) is 11.7 Å². The Balaban J connectivity index is 1.95. The van der Waals surface area contributed by atoms with Crippen molar-refractivity contribution in [1.29, 1.82) is 0 Å². The molecule has 0 fully saturated rings. The Labute approximate surface area is 137 Å². The van der Waals surface area contributed by atoms with E-state index in [-0.39, 0.29) is 11.0 Å². The number of anilines is 1.